The van der Waals surface area contributed by atoms with E-state index in [2.05, 4.69) is 16.9 Å². The van der Waals surface area contributed by atoms with Gasteiger partial charge in [0.1, 0.15) is 6.04 Å². The smallest absolute Gasteiger partial charge is 0.244 e. The largest absolute Gasteiger partial charge is 0.301 e. The fourth-order valence-corrected chi connectivity index (χ4v) is 7.21. The van der Waals surface area contributed by atoms with Crippen LogP contribution in [0.3, 0.4) is 0 Å². The number of nitrogens with zero attached hydrogens (tertiary/aromatic N) is 2. The van der Waals surface area contributed by atoms with Crippen LogP contribution < -0.4 is 5.32 Å². The number of amides is 1. The molecule has 1 N–H and O–H groups in total. The molecule has 178 valence electrons. The van der Waals surface area contributed by atoms with Crippen molar-refractivity contribution in [3.05, 3.63) is 95.5 Å². The van der Waals surface area contributed by atoms with Gasteiger partial charge < -0.3 is 5.32 Å². The van der Waals surface area contributed by atoms with Crippen LogP contribution in [-0.4, -0.2) is 36.2 Å². The standard InChI is InChI=1S/C26H22ClN3O3S2/c1-17-13-14-30(35(32,33)24-10-6-5-9-20(17)24)22(15-18-7-3-2-4-8-18)25(31)29-26-28-21-12-11-19(27)16-23(21)34-26/h2-12,16,22H,1,13-15H2,(H,28,29,31)/t22-/m0/s1. The van der Waals surface area contributed by atoms with Crippen LogP contribution in [0.5, 0.6) is 0 Å². The predicted molar refractivity (Wildman–Crippen MR) is 141 cm³/mol. The van der Waals surface area contributed by atoms with E-state index >= 15 is 0 Å². The van der Waals surface area contributed by atoms with E-state index in [0.717, 1.165) is 15.8 Å². The lowest BCUT2D eigenvalue weighted by atomic mass is 10.0. The summed E-state index contributed by atoms with van der Waals surface area (Å²) in [4.78, 5) is 18.3. The molecule has 5 rings (SSSR count). The van der Waals surface area contributed by atoms with Crippen LogP contribution in [0.15, 0.2) is 84.3 Å². The normalized spacial score (nSPS) is 16.4. The minimum Gasteiger partial charge on any atom is -0.301 e. The van der Waals surface area contributed by atoms with E-state index < -0.39 is 22.0 Å². The second-order valence-electron chi connectivity index (χ2n) is 8.29. The number of nitrogens with one attached hydrogen (secondary N) is 1. The molecule has 4 aromatic rings. The van der Waals surface area contributed by atoms with Gasteiger partial charge in [0, 0.05) is 11.6 Å². The molecule has 1 atom stereocenters. The molecule has 2 heterocycles. The van der Waals surface area contributed by atoms with E-state index in [4.69, 9.17) is 11.6 Å². The van der Waals surface area contributed by atoms with Gasteiger partial charge in [0.15, 0.2) is 5.13 Å². The molecule has 1 aliphatic rings. The first kappa shape index (κ1) is 23.7. The molecule has 1 aromatic heterocycles. The van der Waals surface area contributed by atoms with Gasteiger partial charge in [-0.1, -0.05) is 78.0 Å². The van der Waals surface area contributed by atoms with Crippen molar-refractivity contribution in [3.8, 4) is 0 Å². The van der Waals surface area contributed by atoms with Crippen LogP contribution in [0.2, 0.25) is 5.02 Å². The molecule has 0 fully saturated rings. The molecule has 6 nitrogen and oxygen atoms in total. The topological polar surface area (TPSA) is 79.4 Å². The highest BCUT2D eigenvalue weighted by Gasteiger charge is 2.39. The molecule has 35 heavy (non-hydrogen) atoms. The van der Waals surface area contributed by atoms with Crippen molar-refractivity contribution in [3.63, 3.8) is 0 Å². The summed E-state index contributed by atoms with van der Waals surface area (Å²) in [5.41, 5.74) is 2.89. The number of anilines is 1. The molecule has 0 saturated heterocycles. The lowest BCUT2D eigenvalue weighted by Gasteiger charge is -2.29. The van der Waals surface area contributed by atoms with Gasteiger partial charge in [-0.05, 0) is 53.8 Å². The van der Waals surface area contributed by atoms with E-state index in [0.29, 0.717) is 27.7 Å². The third-order valence-electron chi connectivity index (χ3n) is 5.99. The first-order valence-electron chi connectivity index (χ1n) is 11.0. The summed E-state index contributed by atoms with van der Waals surface area (Å²) in [6.45, 7) is 4.24. The number of aromatic nitrogens is 1. The fourth-order valence-electron chi connectivity index (χ4n) is 4.24. The Bertz CT molecular complexity index is 1530. The van der Waals surface area contributed by atoms with Crippen molar-refractivity contribution in [1.82, 2.24) is 9.29 Å². The van der Waals surface area contributed by atoms with Crippen LogP contribution >= 0.6 is 22.9 Å². The molecule has 0 aliphatic carbocycles. The molecular formula is C26H22ClN3O3S2. The number of hydrogen-bond donors (Lipinski definition) is 1. The summed E-state index contributed by atoms with van der Waals surface area (Å²) >= 11 is 7.38. The molecule has 9 heteroatoms. The number of thiazole rings is 1. The Morgan fingerprint density at radius 2 is 1.86 bits per heavy atom. The Balaban J connectivity index is 1.53. The van der Waals surface area contributed by atoms with Crippen molar-refractivity contribution in [2.45, 2.75) is 23.8 Å². The summed E-state index contributed by atoms with van der Waals surface area (Å²) < 4.78 is 29.8. The lowest BCUT2D eigenvalue weighted by Crippen LogP contribution is -2.48. The Morgan fingerprint density at radius 3 is 2.66 bits per heavy atom. The van der Waals surface area contributed by atoms with Crippen molar-refractivity contribution in [2.75, 3.05) is 11.9 Å². The number of carbonyl (C=O) groups is 1. The Morgan fingerprint density at radius 1 is 1.11 bits per heavy atom. The minimum absolute atomic E-state index is 0.149. The maximum atomic E-state index is 13.8. The Kier molecular flexibility index (Phi) is 6.46. The van der Waals surface area contributed by atoms with E-state index in [1.807, 2.05) is 30.3 Å². The average molecular weight is 524 g/mol. The number of sulfonamides is 1. The highest BCUT2D eigenvalue weighted by molar-refractivity contribution is 7.89. The molecule has 1 amide bonds. The number of fused-ring (bicyclic) bond motifs is 2. The quantitative estimate of drug-likeness (QED) is 0.369. The van der Waals surface area contributed by atoms with Gasteiger partial charge in [0.2, 0.25) is 15.9 Å². The molecule has 0 spiro atoms. The SMILES string of the molecule is C=C1CCN([C@@H](Cc2ccccc2)C(=O)Nc2nc3ccc(Cl)cc3s2)S(=O)(=O)c2ccccc21. The van der Waals surface area contributed by atoms with Gasteiger partial charge in [-0.15, -0.1) is 0 Å². The monoisotopic (exact) mass is 523 g/mol. The zero-order valence-electron chi connectivity index (χ0n) is 18.6. The lowest BCUT2D eigenvalue weighted by molar-refractivity contribution is -0.119. The van der Waals surface area contributed by atoms with Gasteiger partial charge in [-0.25, -0.2) is 13.4 Å². The molecule has 0 bridgehead atoms. The number of carbonyl (C=O) groups excluding carboxylic acids is 1. The summed E-state index contributed by atoms with van der Waals surface area (Å²) in [6, 6.07) is 20.5. The summed E-state index contributed by atoms with van der Waals surface area (Å²) in [5.74, 6) is -0.437. The molecule has 3 aromatic carbocycles. The van der Waals surface area contributed by atoms with Crippen LogP contribution in [0.4, 0.5) is 5.13 Å². The third-order valence-corrected chi connectivity index (χ3v) is 9.13. The average Bonchev–Trinajstić information content (AvgIpc) is 3.20. The van der Waals surface area contributed by atoms with Crippen molar-refractivity contribution < 1.29 is 13.2 Å². The maximum Gasteiger partial charge on any atom is 0.244 e. The van der Waals surface area contributed by atoms with Crippen molar-refractivity contribution >= 4 is 59.8 Å². The van der Waals surface area contributed by atoms with E-state index in [1.54, 1.807) is 42.5 Å². The van der Waals surface area contributed by atoms with Gasteiger partial charge in [-0.2, -0.15) is 4.31 Å². The summed E-state index contributed by atoms with van der Waals surface area (Å²) in [6.07, 6.45) is 0.645. The van der Waals surface area contributed by atoms with Crippen molar-refractivity contribution in [2.24, 2.45) is 0 Å². The van der Waals surface area contributed by atoms with E-state index in [1.165, 1.54) is 15.6 Å². The van der Waals surface area contributed by atoms with Crippen LogP contribution in [0.25, 0.3) is 15.8 Å². The highest BCUT2D eigenvalue weighted by atomic mass is 35.5. The zero-order chi connectivity index (χ0) is 24.6. The van der Waals surface area contributed by atoms with Gasteiger partial charge in [-0.3, -0.25) is 4.79 Å². The van der Waals surface area contributed by atoms with Crippen molar-refractivity contribution in [1.29, 1.82) is 0 Å². The van der Waals surface area contributed by atoms with E-state index in [-0.39, 0.29) is 17.9 Å². The first-order valence-corrected chi connectivity index (χ1v) is 13.7. The van der Waals surface area contributed by atoms with Gasteiger partial charge in [0.05, 0.1) is 15.1 Å². The first-order chi connectivity index (χ1) is 16.8. The molecule has 0 saturated carbocycles. The fraction of sp³-hybridized carbons (Fsp3) is 0.154. The number of benzene rings is 3. The van der Waals surface area contributed by atoms with Crippen LogP contribution in [0, 0.1) is 0 Å². The van der Waals surface area contributed by atoms with Gasteiger partial charge in [0.25, 0.3) is 0 Å². The molecule has 1 aliphatic heterocycles. The number of rotatable bonds is 5. The maximum absolute atomic E-state index is 13.8. The van der Waals surface area contributed by atoms with E-state index in [9.17, 15) is 13.2 Å². The van der Waals surface area contributed by atoms with Gasteiger partial charge >= 0.3 is 0 Å². The second kappa shape index (κ2) is 9.54. The second-order valence-corrected chi connectivity index (χ2v) is 11.6. The summed E-state index contributed by atoms with van der Waals surface area (Å²) in [5, 5.41) is 3.83. The number of hydrogen-bond acceptors (Lipinski definition) is 5. The number of halogens is 1. The summed E-state index contributed by atoms with van der Waals surface area (Å²) in [7, 11) is -3.96. The predicted octanol–water partition coefficient (Wildman–Crippen LogP) is 5.61. The molecule has 0 unspecified atom stereocenters. The van der Waals surface area contributed by atoms with Crippen LogP contribution in [0.1, 0.15) is 17.5 Å². The minimum atomic E-state index is -3.96. The Labute approximate surface area is 212 Å². The Hall–Kier alpha value is -3.04. The highest BCUT2D eigenvalue weighted by Crippen LogP contribution is 2.34. The molecule has 0 radical (unpaired) electrons. The van der Waals surface area contributed by atoms with Crippen LogP contribution in [-0.2, 0) is 21.2 Å². The zero-order valence-corrected chi connectivity index (χ0v) is 21.0. The molecular weight excluding hydrogens is 502 g/mol. The third kappa shape index (κ3) is 4.75.